The van der Waals surface area contributed by atoms with Crippen LogP contribution in [0.1, 0.15) is 44.1 Å². The van der Waals surface area contributed by atoms with E-state index in [1.807, 2.05) is 0 Å². The van der Waals surface area contributed by atoms with E-state index in [4.69, 9.17) is 5.73 Å². The summed E-state index contributed by atoms with van der Waals surface area (Å²) < 4.78 is 28.1. The lowest BCUT2D eigenvalue weighted by Crippen LogP contribution is -2.50. The molecule has 1 unspecified atom stereocenters. The zero-order valence-corrected chi connectivity index (χ0v) is 17.7. The largest absolute Gasteiger partial charge is 0.349 e. The zero-order chi connectivity index (χ0) is 20.3. The third-order valence-corrected chi connectivity index (χ3v) is 7.92. The molecular formula is C20H32N4O3S. The Morgan fingerprint density at radius 1 is 1.21 bits per heavy atom. The van der Waals surface area contributed by atoms with Gasteiger partial charge in [-0.3, -0.25) is 4.79 Å². The van der Waals surface area contributed by atoms with E-state index < -0.39 is 10.0 Å². The van der Waals surface area contributed by atoms with Crippen molar-refractivity contribution in [3.05, 3.63) is 23.9 Å². The second-order valence-electron chi connectivity index (χ2n) is 8.35. The number of hydrogen-bond donors (Lipinski definition) is 1. The monoisotopic (exact) mass is 408 g/mol. The van der Waals surface area contributed by atoms with Crippen LogP contribution in [-0.4, -0.2) is 55.7 Å². The Morgan fingerprint density at radius 2 is 1.93 bits per heavy atom. The van der Waals surface area contributed by atoms with Crippen molar-refractivity contribution in [3.63, 3.8) is 0 Å². The summed E-state index contributed by atoms with van der Waals surface area (Å²) >= 11 is 0. The second kappa shape index (κ2) is 8.88. The van der Waals surface area contributed by atoms with Crippen LogP contribution in [0, 0.1) is 17.8 Å². The first-order valence-electron chi connectivity index (χ1n) is 10.2. The highest BCUT2D eigenvalue weighted by Gasteiger charge is 2.41. The number of nitrogens with zero attached hydrogens (tertiary/aromatic N) is 3. The molecule has 2 aliphatic rings. The van der Waals surface area contributed by atoms with Crippen LogP contribution in [0.2, 0.25) is 0 Å². The zero-order valence-electron chi connectivity index (χ0n) is 16.9. The molecule has 0 aromatic carbocycles. The highest BCUT2D eigenvalue weighted by Crippen LogP contribution is 2.38. The summed E-state index contributed by atoms with van der Waals surface area (Å²) in [6, 6.07) is 3.26. The number of carbonyl (C=O) groups is 1. The van der Waals surface area contributed by atoms with Gasteiger partial charge in [0, 0.05) is 39.9 Å². The molecule has 156 valence electrons. The maximum Gasteiger partial charge on any atom is 0.260 e. The Hall–Kier alpha value is -1.51. The van der Waals surface area contributed by atoms with Crippen molar-refractivity contribution >= 4 is 15.9 Å². The van der Waals surface area contributed by atoms with E-state index in [1.54, 1.807) is 31.1 Å². The van der Waals surface area contributed by atoms with Crippen LogP contribution in [0.5, 0.6) is 0 Å². The molecule has 2 fully saturated rings. The van der Waals surface area contributed by atoms with Gasteiger partial charge in [0.2, 0.25) is 5.91 Å². The van der Waals surface area contributed by atoms with Crippen LogP contribution in [0.15, 0.2) is 23.4 Å². The number of amides is 1. The quantitative estimate of drug-likeness (QED) is 0.802. The van der Waals surface area contributed by atoms with E-state index in [0.29, 0.717) is 12.5 Å². The number of carbonyl (C=O) groups excluding carboxylic acids is 1. The Kier molecular flexibility index (Phi) is 6.73. The first-order chi connectivity index (χ1) is 13.3. The van der Waals surface area contributed by atoms with Crippen molar-refractivity contribution in [1.29, 1.82) is 0 Å². The molecule has 1 aromatic rings. The van der Waals surface area contributed by atoms with Gasteiger partial charge in [-0.1, -0.05) is 32.1 Å². The first-order valence-corrected chi connectivity index (χ1v) is 11.6. The Morgan fingerprint density at radius 3 is 2.57 bits per heavy atom. The topological polar surface area (TPSA) is 96.6 Å². The highest BCUT2D eigenvalue weighted by atomic mass is 32.2. The average Bonchev–Trinajstić information content (AvgIpc) is 2.73. The molecule has 1 aliphatic carbocycles. The third-order valence-electron chi connectivity index (χ3n) is 6.20. The van der Waals surface area contributed by atoms with Crippen molar-refractivity contribution in [2.75, 3.05) is 27.2 Å². The summed E-state index contributed by atoms with van der Waals surface area (Å²) in [5.41, 5.74) is 6.40. The lowest BCUT2D eigenvalue weighted by molar-refractivity contribution is -0.135. The van der Waals surface area contributed by atoms with Crippen LogP contribution in [0.25, 0.3) is 0 Å². The minimum Gasteiger partial charge on any atom is -0.349 e. The maximum absolute atomic E-state index is 13.3. The van der Waals surface area contributed by atoms with Crippen molar-refractivity contribution < 1.29 is 13.2 Å². The molecule has 2 N–H and O–H groups in total. The van der Waals surface area contributed by atoms with E-state index in [0.717, 1.165) is 24.8 Å². The van der Waals surface area contributed by atoms with Crippen molar-refractivity contribution in [2.24, 2.45) is 23.5 Å². The van der Waals surface area contributed by atoms with Gasteiger partial charge in [0.15, 0.2) is 5.03 Å². The van der Waals surface area contributed by atoms with Gasteiger partial charge in [0.25, 0.3) is 10.0 Å². The lowest BCUT2D eigenvalue weighted by Gasteiger charge is -2.41. The number of aromatic nitrogens is 1. The maximum atomic E-state index is 13.3. The Bertz CT molecular complexity index is 790. The van der Waals surface area contributed by atoms with Gasteiger partial charge in [-0.2, -0.15) is 4.31 Å². The molecule has 8 heteroatoms. The molecule has 0 spiro atoms. The minimum absolute atomic E-state index is 0.00405. The normalized spacial score (nSPS) is 24.8. The molecule has 1 aliphatic heterocycles. The number of piperidine rings is 1. The first kappa shape index (κ1) is 21.2. The van der Waals surface area contributed by atoms with Crippen LogP contribution < -0.4 is 5.73 Å². The minimum atomic E-state index is -3.76. The van der Waals surface area contributed by atoms with Gasteiger partial charge < -0.3 is 10.6 Å². The van der Waals surface area contributed by atoms with Gasteiger partial charge in [0.05, 0.1) is 5.92 Å². The van der Waals surface area contributed by atoms with Gasteiger partial charge in [-0.15, -0.1) is 0 Å². The van der Waals surface area contributed by atoms with Crippen LogP contribution in [0.4, 0.5) is 0 Å². The fourth-order valence-electron chi connectivity index (χ4n) is 4.63. The smallest absolute Gasteiger partial charge is 0.260 e. The van der Waals surface area contributed by atoms with E-state index in [9.17, 15) is 13.2 Å². The lowest BCUT2D eigenvalue weighted by atomic mass is 9.74. The van der Waals surface area contributed by atoms with E-state index in [-0.39, 0.29) is 35.9 Å². The average molecular weight is 409 g/mol. The molecule has 2 heterocycles. The molecule has 0 radical (unpaired) electrons. The standard InChI is InChI=1S/C20H32N4O3S/c1-23(2)20(25)18-11-17(16-6-4-3-5-7-16)13-24(14-18)28(26,27)19-10-15(12-21)8-9-22-19/h8-10,16-18H,3-7,11-14,21H2,1-2H3/t17?,18-/m0/s1. The summed E-state index contributed by atoms with van der Waals surface area (Å²) in [5.74, 6) is 0.412. The van der Waals surface area contributed by atoms with Gasteiger partial charge in [-0.05, 0) is 36.0 Å². The number of pyridine rings is 1. The molecule has 1 aromatic heterocycles. The third kappa shape index (κ3) is 4.55. The molecular weight excluding hydrogens is 376 g/mol. The molecule has 28 heavy (non-hydrogen) atoms. The Balaban J connectivity index is 1.89. The molecule has 2 atom stereocenters. The van der Waals surface area contributed by atoms with Crippen molar-refractivity contribution in [3.8, 4) is 0 Å². The van der Waals surface area contributed by atoms with Gasteiger partial charge in [0.1, 0.15) is 0 Å². The van der Waals surface area contributed by atoms with Crippen LogP contribution in [-0.2, 0) is 21.4 Å². The number of hydrogen-bond acceptors (Lipinski definition) is 5. The predicted octanol–water partition coefficient (Wildman–Crippen LogP) is 1.84. The summed E-state index contributed by atoms with van der Waals surface area (Å²) in [6.07, 6.45) is 8.15. The van der Waals surface area contributed by atoms with Crippen LogP contribution in [0.3, 0.4) is 0 Å². The Labute approximate surface area is 168 Å². The fourth-order valence-corrected chi connectivity index (χ4v) is 6.16. The molecule has 3 rings (SSSR count). The van der Waals surface area contributed by atoms with E-state index >= 15 is 0 Å². The van der Waals surface area contributed by atoms with E-state index in [1.165, 1.54) is 29.8 Å². The van der Waals surface area contributed by atoms with E-state index in [2.05, 4.69) is 4.98 Å². The summed E-state index contributed by atoms with van der Waals surface area (Å²) in [6.45, 7) is 0.952. The number of sulfonamides is 1. The SMILES string of the molecule is CN(C)C(=O)[C@H]1CC(C2CCCCC2)CN(S(=O)(=O)c2cc(CN)ccn2)C1. The molecule has 1 saturated heterocycles. The predicted molar refractivity (Wildman–Crippen MR) is 108 cm³/mol. The summed E-state index contributed by atoms with van der Waals surface area (Å²) in [5, 5.41) is 0.0239. The summed E-state index contributed by atoms with van der Waals surface area (Å²) in [4.78, 5) is 18.4. The molecule has 1 amide bonds. The number of rotatable bonds is 5. The number of nitrogens with two attached hydrogens (primary N) is 1. The second-order valence-corrected chi connectivity index (χ2v) is 10.2. The molecule has 0 bridgehead atoms. The van der Waals surface area contributed by atoms with Crippen molar-refractivity contribution in [1.82, 2.24) is 14.2 Å². The van der Waals surface area contributed by atoms with Crippen LogP contribution >= 0.6 is 0 Å². The summed E-state index contributed by atoms with van der Waals surface area (Å²) in [7, 11) is -0.295. The molecule has 7 nitrogen and oxygen atoms in total. The van der Waals surface area contributed by atoms with Crippen molar-refractivity contribution in [2.45, 2.75) is 50.1 Å². The van der Waals surface area contributed by atoms with Gasteiger partial charge >= 0.3 is 0 Å². The fraction of sp³-hybridized carbons (Fsp3) is 0.700. The highest BCUT2D eigenvalue weighted by molar-refractivity contribution is 7.89. The van der Waals surface area contributed by atoms with Gasteiger partial charge in [-0.25, -0.2) is 13.4 Å². The molecule has 1 saturated carbocycles.